The number of halogens is 2. The summed E-state index contributed by atoms with van der Waals surface area (Å²) in [6.07, 6.45) is -5.83. The lowest BCUT2D eigenvalue weighted by molar-refractivity contribution is -0.309. The van der Waals surface area contributed by atoms with Crippen LogP contribution in [0.25, 0.3) is 0 Å². The van der Waals surface area contributed by atoms with E-state index in [2.05, 4.69) is 31.9 Å². The van der Waals surface area contributed by atoms with Crippen molar-refractivity contribution in [1.29, 1.82) is 0 Å². The van der Waals surface area contributed by atoms with Crippen LogP contribution in [0.5, 0.6) is 0 Å². The minimum Gasteiger partial charge on any atom is -0.463 e. The van der Waals surface area contributed by atoms with Crippen LogP contribution in [0.15, 0.2) is 0 Å². The average Bonchev–Trinajstić information content (AvgIpc) is 2.64. The summed E-state index contributed by atoms with van der Waals surface area (Å²) in [6.45, 7) is 4.62. The van der Waals surface area contributed by atoms with Gasteiger partial charge in [0, 0.05) is 44.3 Å². The first-order valence-corrected chi connectivity index (χ1v) is 11.4. The van der Waals surface area contributed by atoms with Gasteiger partial charge in [0.15, 0.2) is 24.6 Å². The number of hydrogen-bond donors (Lipinski definition) is 0. The lowest BCUT2D eigenvalue weighted by Gasteiger charge is -2.44. The molecule has 0 spiro atoms. The van der Waals surface area contributed by atoms with Gasteiger partial charge in [-0.15, -0.1) is 0 Å². The van der Waals surface area contributed by atoms with Crippen LogP contribution in [0.4, 0.5) is 0 Å². The van der Waals surface area contributed by atoms with E-state index in [9.17, 15) is 19.2 Å². The van der Waals surface area contributed by atoms with Gasteiger partial charge in [0.05, 0.1) is 6.61 Å². The molecule has 0 radical (unpaired) electrons. The molecule has 5 atom stereocenters. The predicted molar refractivity (Wildman–Crippen MR) is 109 cm³/mol. The van der Waals surface area contributed by atoms with Crippen molar-refractivity contribution in [3.8, 4) is 0 Å². The monoisotopic (exact) mass is 560 g/mol. The van der Waals surface area contributed by atoms with E-state index < -0.39 is 54.6 Å². The molecule has 0 N–H and O–H groups in total. The molecule has 0 aromatic rings. The van der Waals surface area contributed by atoms with E-state index in [1.165, 1.54) is 13.8 Å². The summed E-state index contributed by atoms with van der Waals surface area (Å²) in [4.78, 5) is 46.4. The van der Waals surface area contributed by atoms with E-state index in [4.69, 9.17) is 28.4 Å². The Bertz CT molecular complexity index is 610. The van der Waals surface area contributed by atoms with Gasteiger partial charge in [-0.25, -0.2) is 0 Å². The lowest BCUT2D eigenvalue weighted by Crippen LogP contribution is -2.63. The number of rotatable bonds is 10. The van der Waals surface area contributed by atoms with Crippen LogP contribution in [0.3, 0.4) is 0 Å². The van der Waals surface area contributed by atoms with Crippen molar-refractivity contribution in [2.45, 2.75) is 58.4 Å². The van der Waals surface area contributed by atoms with Crippen molar-refractivity contribution >= 4 is 55.7 Å². The minimum atomic E-state index is -1.24. The maximum atomic E-state index is 11.7. The topological polar surface area (TPSA) is 124 Å². The zero-order valence-electron chi connectivity index (χ0n) is 17.1. The van der Waals surface area contributed by atoms with E-state index in [1.807, 2.05) is 0 Å². The predicted octanol–water partition coefficient (Wildman–Crippen LogP) is 1.49. The highest BCUT2D eigenvalue weighted by Crippen LogP contribution is 2.30. The molecule has 12 heteroatoms. The fourth-order valence-corrected chi connectivity index (χ4v) is 4.13. The summed E-state index contributed by atoms with van der Waals surface area (Å²) in [7, 11) is 0. The van der Waals surface area contributed by atoms with Crippen molar-refractivity contribution in [3.63, 3.8) is 0 Å². The molecule has 10 nitrogen and oxygen atoms in total. The van der Waals surface area contributed by atoms with Crippen LogP contribution < -0.4 is 0 Å². The SMILES string of the molecule is CC(=O)OC[C@H]1O[C@H](OCC(CBr)CBr)[C@H](OC(C)=O)[C@@H](OC(C)=O)[C@@H]1OC(C)=O. The largest absolute Gasteiger partial charge is 0.463 e. The number of esters is 4. The Kier molecular flexibility index (Phi) is 11.8. The summed E-state index contributed by atoms with van der Waals surface area (Å²) in [5, 5.41) is 1.26. The highest BCUT2D eigenvalue weighted by Gasteiger charge is 2.52. The summed E-state index contributed by atoms with van der Waals surface area (Å²) >= 11 is 6.74. The van der Waals surface area contributed by atoms with Gasteiger partial charge in [0.1, 0.15) is 12.7 Å². The quantitative estimate of drug-likeness (QED) is 0.220. The van der Waals surface area contributed by atoms with Crippen LogP contribution in [0.1, 0.15) is 27.7 Å². The third kappa shape index (κ3) is 8.86. The maximum Gasteiger partial charge on any atom is 0.303 e. The second kappa shape index (κ2) is 13.2. The van der Waals surface area contributed by atoms with Crippen LogP contribution in [-0.4, -0.2) is 78.5 Å². The molecule has 1 saturated heterocycles. The van der Waals surface area contributed by atoms with Crippen LogP contribution >= 0.6 is 31.9 Å². The molecule has 0 amide bonds. The van der Waals surface area contributed by atoms with E-state index >= 15 is 0 Å². The molecule has 1 aliphatic heterocycles. The third-order valence-corrected chi connectivity index (χ3v) is 5.71. The van der Waals surface area contributed by atoms with Crippen LogP contribution in [0, 0.1) is 5.92 Å². The third-order valence-electron chi connectivity index (χ3n) is 3.88. The summed E-state index contributed by atoms with van der Waals surface area (Å²) in [5.41, 5.74) is 0. The van der Waals surface area contributed by atoms with E-state index in [1.54, 1.807) is 0 Å². The number of carbonyl (C=O) groups is 4. The van der Waals surface area contributed by atoms with Crippen molar-refractivity contribution in [1.82, 2.24) is 0 Å². The summed E-state index contributed by atoms with van der Waals surface area (Å²) < 4.78 is 32.6. The van der Waals surface area contributed by atoms with E-state index in [0.717, 1.165) is 13.8 Å². The molecule has 30 heavy (non-hydrogen) atoms. The highest BCUT2D eigenvalue weighted by atomic mass is 79.9. The van der Waals surface area contributed by atoms with Gasteiger partial charge in [-0.05, 0) is 0 Å². The molecule has 0 aliphatic carbocycles. The molecule has 0 saturated carbocycles. The van der Waals surface area contributed by atoms with E-state index in [-0.39, 0.29) is 19.1 Å². The van der Waals surface area contributed by atoms with Gasteiger partial charge >= 0.3 is 23.9 Å². The Morgan fingerprint density at radius 3 is 1.77 bits per heavy atom. The average molecular weight is 562 g/mol. The molecule has 1 fully saturated rings. The van der Waals surface area contributed by atoms with Crippen LogP contribution in [0.2, 0.25) is 0 Å². The Labute approximate surface area is 191 Å². The first kappa shape index (κ1) is 26.8. The van der Waals surface area contributed by atoms with Gasteiger partial charge in [-0.1, -0.05) is 31.9 Å². The molecule has 1 heterocycles. The van der Waals surface area contributed by atoms with Gasteiger partial charge in [-0.3, -0.25) is 19.2 Å². The van der Waals surface area contributed by atoms with Gasteiger partial charge in [0.25, 0.3) is 0 Å². The minimum absolute atomic E-state index is 0.0665. The van der Waals surface area contributed by atoms with Gasteiger partial charge in [0.2, 0.25) is 0 Å². The number of alkyl halides is 2. The molecule has 0 aromatic heterocycles. The van der Waals surface area contributed by atoms with Gasteiger partial charge < -0.3 is 28.4 Å². The molecule has 0 unspecified atom stereocenters. The first-order chi connectivity index (χ1) is 14.1. The first-order valence-electron chi connectivity index (χ1n) is 9.13. The normalized spacial score (nSPS) is 26.0. The Morgan fingerprint density at radius 2 is 1.30 bits per heavy atom. The second-order valence-corrected chi connectivity index (χ2v) is 7.87. The number of ether oxygens (including phenoxy) is 6. The van der Waals surface area contributed by atoms with Crippen LogP contribution in [-0.2, 0) is 47.6 Å². The van der Waals surface area contributed by atoms with Crippen molar-refractivity contribution in [3.05, 3.63) is 0 Å². The van der Waals surface area contributed by atoms with Crippen molar-refractivity contribution in [2.75, 3.05) is 23.9 Å². The highest BCUT2D eigenvalue weighted by molar-refractivity contribution is 9.09. The molecule has 0 aromatic carbocycles. The smallest absolute Gasteiger partial charge is 0.303 e. The number of carbonyl (C=O) groups excluding carboxylic acids is 4. The standard InChI is InChI=1S/C18H26Br2O10/c1-9(21)25-8-14-15(27-10(2)22)16(28-11(3)23)17(29-12(4)24)18(30-14)26-7-13(5-19)6-20/h13-18H,5-8H2,1-4H3/t14-,15-,16+,17-,18+/m1/s1. The van der Waals surface area contributed by atoms with Crippen molar-refractivity contribution in [2.24, 2.45) is 5.92 Å². The maximum absolute atomic E-state index is 11.7. The zero-order valence-corrected chi connectivity index (χ0v) is 20.3. The molecule has 1 rings (SSSR count). The molecule has 172 valence electrons. The summed E-state index contributed by atoms with van der Waals surface area (Å²) in [5.74, 6) is -2.57. The molecule has 1 aliphatic rings. The summed E-state index contributed by atoms with van der Waals surface area (Å²) in [6, 6.07) is 0. The molecular weight excluding hydrogens is 536 g/mol. The zero-order chi connectivity index (χ0) is 22.8. The fraction of sp³-hybridized carbons (Fsp3) is 0.778. The van der Waals surface area contributed by atoms with E-state index in [0.29, 0.717) is 10.7 Å². The lowest BCUT2D eigenvalue weighted by atomic mass is 9.98. The molecule has 0 bridgehead atoms. The fourth-order valence-electron chi connectivity index (χ4n) is 2.68. The van der Waals surface area contributed by atoms with Crippen molar-refractivity contribution < 1.29 is 47.6 Å². The Morgan fingerprint density at radius 1 is 0.800 bits per heavy atom. The molecular formula is C18H26Br2O10. The number of hydrogen-bond acceptors (Lipinski definition) is 10. The second-order valence-electron chi connectivity index (χ2n) is 6.58. The van der Waals surface area contributed by atoms with Gasteiger partial charge in [-0.2, -0.15) is 0 Å². The Hall–Kier alpha value is -1.24. The Balaban J connectivity index is 3.25.